The van der Waals surface area contributed by atoms with Crippen molar-refractivity contribution < 1.29 is 43.2 Å². The summed E-state index contributed by atoms with van der Waals surface area (Å²) in [6.07, 6.45) is -3.39. The van der Waals surface area contributed by atoms with Crippen molar-refractivity contribution in [1.82, 2.24) is 0 Å². The highest BCUT2D eigenvalue weighted by atomic mass is 16.7. The third kappa shape index (κ3) is 10.4. The Bertz CT molecular complexity index is 1610. The summed E-state index contributed by atoms with van der Waals surface area (Å²) in [5.41, 5.74) is 2.49. The van der Waals surface area contributed by atoms with Crippen LogP contribution in [0, 0.1) is 23.2 Å². The van der Waals surface area contributed by atoms with Crippen LogP contribution in [0.15, 0.2) is 110 Å². The molecule has 262 valence electrons. The molecule has 0 saturated carbocycles. The van der Waals surface area contributed by atoms with Crippen molar-refractivity contribution in [2.45, 2.75) is 56.4 Å². The molecular weight excluding hydrogens is 640 g/mol. The summed E-state index contributed by atoms with van der Waals surface area (Å²) in [7, 11) is 1.32. The molecule has 2 N–H and O–H groups in total. The highest BCUT2D eigenvalue weighted by Gasteiger charge is 2.53. The average molecular weight is 683 g/mol. The van der Waals surface area contributed by atoms with E-state index in [4.69, 9.17) is 28.9 Å². The zero-order valence-electron chi connectivity index (χ0n) is 27.9. The number of amides is 1. The SMILES string of the molecule is C=CC[C@@H](Cc1ccccc1)C(=O)O[C@@H]1[C@H](OC(=O)[C@@H](CC=C)Cc2ccccc2)[C@@H](OC)O[C@H](CO)[C@H]1OC(=O)Nc1ccc(C#N)cc1. The first-order valence-corrected chi connectivity index (χ1v) is 16.3. The zero-order chi connectivity index (χ0) is 35.9. The molecule has 3 aromatic carbocycles. The molecule has 11 nitrogen and oxygen atoms in total. The van der Waals surface area contributed by atoms with E-state index >= 15 is 0 Å². The number of nitriles is 1. The van der Waals surface area contributed by atoms with E-state index in [9.17, 15) is 19.5 Å². The lowest BCUT2D eigenvalue weighted by molar-refractivity contribution is -0.300. The van der Waals surface area contributed by atoms with Crippen molar-refractivity contribution in [2.75, 3.05) is 19.0 Å². The van der Waals surface area contributed by atoms with Gasteiger partial charge in [0.05, 0.1) is 30.1 Å². The summed E-state index contributed by atoms with van der Waals surface area (Å²) in [6, 6.07) is 26.8. The van der Waals surface area contributed by atoms with Crippen molar-refractivity contribution in [3.8, 4) is 6.07 Å². The van der Waals surface area contributed by atoms with Gasteiger partial charge in [-0.2, -0.15) is 5.26 Å². The first kappa shape index (κ1) is 37.5. The molecule has 0 aromatic heterocycles. The molecule has 1 aliphatic heterocycles. The number of hydrogen-bond donors (Lipinski definition) is 2. The third-order valence-corrected chi connectivity index (χ3v) is 8.23. The number of carbonyl (C=O) groups is 3. The van der Waals surface area contributed by atoms with Crippen LogP contribution in [-0.2, 0) is 46.1 Å². The number of ether oxygens (including phenoxy) is 5. The van der Waals surface area contributed by atoms with E-state index in [0.717, 1.165) is 11.1 Å². The Balaban J connectivity index is 1.67. The number of benzene rings is 3. The van der Waals surface area contributed by atoms with Gasteiger partial charge in [0.15, 0.2) is 24.6 Å². The molecule has 0 radical (unpaired) electrons. The number of allylic oxidation sites excluding steroid dienone is 2. The van der Waals surface area contributed by atoms with Gasteiger partial charge in [0.2, 0.25) is 0 Å². The molecule has 7 atom stereocenters. The fourth-order valence-electron chi connectivity index (χ4n) is 5.70. The van der Waals surface area contributed by atoms with E-state index in [1.807, 2.05) is 66.7 Å². The molecule has 11 heteroatoms. The second-order valence-corrected chi connectivity index (χ2v) is 11.8. The molecule has 0 spiro atoms. The van der Waals surface area contributed by atoms with Crippen LogP contribution in [0.2, 0.25) is 0 Å². The van der Waals surface area contributed by atoms with Crippen molar-refractivity contribution in [2.24, 2.45) is 11.8 Å². The Labute approximate surface area is 292 Å². The van der Waals surface area contributed by atoms with Gasteiger partial charge in [-0.25, -0.2) is 4.79 Å². The van der Waals surface area contributed by atoms with Gasteiger partial charge < -0.3 is 28.8 Å². The fourth-order valence-corrected chi connectivity index (χ4v) is 5.70. The highest BCUT2D eigenvalue weighted by Crippen LogP contribution is 2.32. The largest absolute Gasteiger partial charge is 0.454 e. The Kier molecular flexibility index (Phi) is 14.3. The van der Waals surface area contributed by atoms with E-state index in [1.165, 1.54) is 31.4 Å². The van der Waals surface area contributed by atoms with E-state index < -0.39 is 67.2 Å². The van der Waals surface area contributed by atoms with Gasteiger partial charge in [-0.1, -0.05) is 72.8 Å². The Hall–Kier alpha value is -5.28. The summed E-state index contributed by atoms with van der Waals surface area (Å²) >= 11 is 0. The maximum absolute atomic E-state index is 13.9. The number of nitrogens with zero attached hydrogens (tertiary/aromatic N) is 1. The third-order valence-electron chi connectivity index (χ3n) is 8.23. The molecule has 1 aliphatic rings. The van der Waals surface area contributed by atoms with Gasteiger partial charge in [0.1, 0.15) is 6.10 Å². The number of anilines is 1. The molecule has 1 saturated heterocycles. The summed E-state index contributed by atoms with van der Waals surface area (Å²) in [5, 5.41) is 22.0. The first-order chi connectivity index (χ1) is 24.3. The van der Waals surface area contributed by atoms with Crippen LogP contribution in [0.1, 0.15) is 29.5 Å². The Morgan fingerprint density at radius 2 is 1.34 bits per heavy atom. The zero-order valence-corrected chi connectivity index (χ0v) is 27.9. The van der Waals surface area contributed by atoms with E-state index in [2.05, 4.69) is 18.5 Å². The minimum atomic E-state index is -1.46. The van der Waals surface area contributed by atoms with Crippen molar-refractivity contribution in [3.63, 3.8) is 0 Å². The maximum Gasteiger partial charge on any atom is 0.412 e. The Morgan fingerprint density at radius 3 is 1.80 bits per heavy atom. The lowest BCUT2D eigenvalue weighted by Gasteiger charge is -2.44. The van der Waals surface area contributed by atoms with Gasteiger partial charge in [0, 0.05) is 12.8 Å². The number of nitrogens with one attached hydrogen (secondary N) is 1. The predicted molar refractivity (Wildman–Crippen MR) is 184 cm³/mol. The quantitative estimate of drug-likeness (QED) is 0.112. The molecule has 1 heterocycles. The van der Waals surface area contributed by atoms with Crippen LogP contribution in [0.5, 0.6) is 0 Å². The molecule has 1 amide bonds. The second-order valence-electron chi connectivity index (χ2n) is 11.8. The number of esters is 2. The number of rotatable bonds is 16. The fraction of sp³-hybridized carbons (Fsp3) is 0.333. The number of methoxy groups -OCH3 is 1. The number of aliphatic hydroxyl groups excluding tert-OH is 1. The first-order valence-electron chi connectivity index (χ1n) is 16.3. The second kappa shape index (κ2) is 19.0. The number of aliphatic hydroxyl groups is 1. The minimum absolute atomic E-state index is 0.266. The summed E-state index contributed by atoms with van der Waals surface area (Å²) in [4.78, 5) is 41.0. The standard InChI is InChI=1S/C39H42N2O9/c1-4-12-29(22-26-14-8-6-9-15-26)36(43)48-34-33(50-39(45)41-31-20-18-28(24-40)19-21-31)32(25-42)47-38(46-3)35(34)49-37(44)30(13-5-2)23-27-16-10-7-11-17-27/h4-11,14-21,29-30,32-35,38,42H,1-2,12-13,22-23,25H2,3H3,(H,41,45)/t29-,30-,32+,33+,34-,35-,38-/m0/s1. The summed E-state index contributed by atoms with van der Waals surface area (Å²) in [5.74, 6) is -2.66. The predicted octanol–water partition coefficient (Wildman–Crippen LogP) is 5.53. The van der Waals surface area contributed by atoms with Crippen LogP contribution >= 0.6 is 0 Å². The molecule has 0 aliphatic carbocycles. The monoisotopic (exact) mass is 682 g/mol. The van der Waals surface area contributed by atoms with Crippen LogP contribution < -0.4 is 5.32 Å². The van der Waals surface area contributed by atoms with Crippen molar-refractivity contribution in [3.05, 3.63) is 127 Å². The van der Waals surface area contributed by atoms with E-state index in [0.29, 0.717) is 24.1 Å². The molecule has 0 unspecified atom stereocenters. The smallest absolute Gasteiger partial charge is 0.412 e. The van der Waals surface area contributed by atoms with Crippen LogP contribution in [0.25, 0.3) is 0 Å². The van der Waals surface area contributed by atoms with E-state index in [-0.39, 0.29) is 12.8 Å². The van der Waals surface area contributed by atoms with Crippen LogP contribution in [0.3, 0.4) is 0 Å². The van der Waals surface area contributed by atoms with Gasteiger partial charge in [-0.3, -0.25) is 14.9 Å². The molecule has 4 rings (SSSR count). The van der Waals surface area contributed by atoms with Gasteiger partial charge >= 0.3 is 18.0 Å². The average Bonchev–Trinajstić information content (AvgIpc) is 3.13. The van der Waals surface area contributed by atoms with Crippen LogP contribution in [0.4, 0.5) is 10.5 Å². The highest BCUT2D eigenvalue weighted by molar-refractivity contribution is 5.85. The lowest BCUT2D eigenvalue weighted by Crippen LogP contribution is -2.63. The molecule has 1 fully saturated rings. The summed E-state index contributed by atoms with van der Waals surface area (Å²) in [6.45, 7) is 6.94. The Morgan fingerprint density at radius 1 is 0.820 bits per heavy atom. The molecule has 50 heavy (non-hydrogen) atoms. The van der Waals surface area contributed by atoms with Crippen molar-refractivity contribution >= 4 is 23.7 Å². The molecule has 3 aromatic rings. The minimum Gasteiger partial charge on any atom is -0.454 e. The molecule has 0 bridgehead atoms. The number of hydrogen-bond acceptors (Lipinski definition) is 10. The van der Waals surface area contributed by atoms with Gasteiger partial charge in [-0.05, 0) is 61.1 Å². The maximum atomic E-state index is 13.9. The van der Waals surface area contributed by atoms with Crippen LogP contribution in [-0.4, -0.2) is 67.6 Å². The van der Waals surface area contributed by atoms with Crippen molar-refractivity contribution in [1.29, 1.82) is 5.26 Å². The summed E-state index contributed by atoms with van der Waals surface area (Å²) < 4.78 is 29.4. The normalized spacial score (nSPS) is 21.0. The number of carbonyl (C=O) groups excluding carboxylic acids is 3. The topological polar surface area (TPSA) is 153 Å². The van der Waals surface area contributed by atoms with Gasteiger partial charge in [-0.15, -0.1) is 13.2 Å². The van der Waals surface area contributed by atoms with E-state index in [1.54, 1.807) is 12.2 Å². The van der Waals surface area contributed by atoms with Gasteiger partial charge in [0.25, 0.3) is 0 Å². The lowest BCUT2D eigenvalue weighted by atomic mass is 9.94. The molecular formula is C39H42N2O9.